The lowest BCUT2D eigenvalue weighted by Gasteiger charge is -2.16. The van der Waals surface area contributed by atoms with Gasteiger partial charge in [0.2, 0.25) is 5.13 Å². The molecule has 0 radical (unpaired) electrons. The third kappa shape index (κ3) is 3.15. The lowest BCUT2D eigenvalue weighted by molar-refractivity contribution is 0.563. The minimum atomic E-state index is 0.00902. The van der Waals surface area contributed by atoms with Crippen LogP contribution in [0.5, 0.6) is 0 Å². The van der Waals surface area contributed by atoms with Gasteiger partial charge in [0.25, 0.3) is 5.56 Å². The number of nitrogens with zero attached hydrogens (tertiary/aromatic N) is 3. The molecule has 2 rings (SSSR count). The van der Waals surface area contributed by atoms with Crippen LogP contribution in [0.2, 0.25) is 0 Å². The largest absolute Gasteiger partial charge is 0.358 e. The molecule has 0 amide bonds. The summed E-state index contributed by atoms with van der Waals surface area (Å²) in [5.41, 5.74) is 2.58. The second-order valence-electron chi connectivity index (χ2n) is 5.82. The van der Waals surface area contributed by atoms with Gasteiger partial charge in [-0.15, -0.1) is 10.2 Å². The normalized spacial score (nSPS) is 11.4. The number of anilines is 1. The van der Waals surface area contributed by atoms with E-state index in [2.05, 4.69) is 15.5 Å². The predicted octanol–water partition coefficient (Wildman–Crippen LogP) is 3.38. The number of hydrogen-bond donors (Lipinski definition) is 1. The standard InChI is InChI=1S/C15H22N4OS/c1-8(2)16-15-18-17-13(21-15)12-10(5)7-11(6)19(9(3)4)14(12)20/h7-9H,1-6H3,(H,16,18). The molecule has 5 nitrogen and oxygen atoms in total. The molecule has 2 heterocycles. The molecular formula is C15H22N4OS. The van der Waals surface area contributed by atoms with Gasteiger partial charge in [0, 0.05) is 17.8 Å². The number of aromatic nitrogens is 3. The first kappa shape index (κ1) is 15.7. The van der Waals surface area contributed by atoms with Crippen molar-refractivity contribution in [3.05, 3.63) is 27.7 Å². The van der Waals surface area contributed by atoms with Crippen LogP contribution in [0.15, 0.2) is 10.9 Å². The summed E-state index contributed by atoms with van der Waals surface area (Å²) in [5.74, 6) is 0. The summed E-state index contributed by atoms with van der Waals surface area (Å²) in [5, 5.41) is 12.9. The molecule has 0 bridgehead atoms. The molecule has 0 atom stereocenters. The average Bonchev–Trinajstić information content (AvgIpc) is 2.74. The smallest absolute Gasteiger partial charge is 0.261 e. The van der Waals surface area contributed by atoms with Crippen LogP contribution in [0.1, 0.15) is 45.0 Å². The van der Waals surface area contributed by atoms with Crippen molar-refractivity contribution in [3.8, 4) is 10.6 Å². The van der Waals surface area contributed by atoms with Crippen LogP contribution in [0.3, 0.4) is 0 Å². The monoisotopic (exact) mass is 306 g/mol. The molecule has 2 aromatic rings. The van der Waals surface area contributed by atoms with Crippen molar-refractivity contribution in [3.63, 3.8) is 0 Å². The molecule has 0 saturated heterocycles. The summed E-state index contributed by atoms with van der Waals surface area (Å²) >= 11 is 1.42. The summed E-state index contributed by atoms with van der Waals surface area (Å²) in [6.07, 6.45) is 0. The van der Waals surface area contributed by atoms with Crippen molar-refractivity contribution in [2.24, 2.45) is 0 Å². The van der Waals surface area contributed by atoms with Gasteiger partial charge in [-0.2, -0.15) is 0 Å². The van der Waals surface area contributed by atoms with Crippen LogP contribution < -0.4 is 10.9 Å². The Morgan fingerprint density at radius 2 is 1.86 bits per heavy atom. The van der Waals surface area contributed by atoms with Gasteiger partial charge >= 0.3 is 0 Å². The Morgan fingerprint density at radius 3 is 2.43 bits per heavy atom. The molecule has 114 valence electrons. The van der Waals surface area contributed by atoms with E-state index in [9.17, 15) is 4.79 Å². The van der Waals surface area contributed by atoms with E-state index in [1.807, 2.05) is 47.6 Å². The summed E-state index contributed by atoms with van der Waals surface area (Å²) < 4.78 is 1.80. The van der Waals surface area contributed by atoms with Gasteiger partial charge in [-0.25, -0.2) is 0 Å². The zero-order valence-electron chi connectivity index (χ0n) is 13.4. The Hall–Kier alpha value is -1.69. The lowest BCUT2D eigenvalue weighted by atomic mass is 10.1. The van der Waals surface area contributed by atoms with E-state index in [-0.39, 0.29) is 17.6 Å². The minimum Gasteiger partial charge on any atom is -0.358 e. The van der Waals surface area contributed by atoms with E-state index in [1.165, 1.54) is 11.3 Å². The molecule has 0 fully saturated rings. The molecule has 0 unspecified atom stereocenters. The molecule has 21 heavy (non-hydrogen) atoms. The highest BCUT2D eigenvalue weighted by atomic mass is 32.1. The number of aryl methyl sites for hydroxylation is 2. The first-order chi connectivity index (χ1) is 9.81. The maximum Gasteiger partial charge on any atom is 0.261 e. The summed E-state index contributed by atoms with van der Waals surface area (Å²) in [6.45, 7) is 12.0. The Labute approximate surface area is 129 Å². The topological polar surface area (TPSA) is 59.8 Å². The first-order valence-corrected chi connectivity index (χ1v) is 7.96. The van der Waals surface area contributed by atoms with Gasteiger partial charge in [-0.1, -0.05) is 11.3 Å². The van der Waals surface area contributed by atoms with Crippen molar-refractivity contribution in [2.45, 2.75) is 53.6 Å². The summed E-state index contributed by atoms with van der Waals surface area (Å²) in [7, 11) is 0. The quantitative estimate of drug-likeness (QED) is 0.940. The molecule has 6 heteroatoms. The van der Waals surface area contributed by atoms with Gasteiger partial charge in [0.05, 0.1) is 5.56 Å². The molecule has 2 aromatic heterocycles. The van der Waals surface area contributed by atoms with Crippen LogP contribution >= 0.6 is 11.3 Å². The van der Waals surface area contributed by atoms with E-state index in [0.29, 0.717) is 10.6 Å². The molecule has 0 spiro atoms. The number of hydrogen-bond acceptors (Lipinski definition) is 5. The fourth-order valence-electron chi connectivity index (χ4n) is 2.44. The highest BCUT2D eigenvalue weighted by molar-refractivity contribution is 7.18. The zero-order chi connectivity index (χ0) is 15.7. The van der Waals surface area contributed by atoms with E-state index < -0.39 is 0 Å². The van der Waals surface area contributed by atoms with Gasteiger partial charge in [-0.05, 0) is 53.2 Å². The van der Waals surface area contributed by atoms with Gasteiger partial charge in [-0.3, -0.25) is 4.79 Å². The van der Waals surface area contributed by atoms with Crippen LogP contribution in [0.25, 0.3) is 10.6 Å². The SMILES string of the molecule is Cc1cc(C)n(C(C)C)c(=O)c1-c1nnc(NC(C)C)s1. The van der Waals surface area contributed by atoms with Crippen LogP contribution in [-0.2, 0) is 0 Å². The first-order valence-electron chi connectivity index (χ1n) is 7.14. The Balaban J connectivity index is 2.56. The van der Waals surface area contributed by atoms with E-state index in [1.54, 1.807) is 4.57 Å². The molecule has 0 aromatic carbocycles. The fourth-order valence-corrected chi connectivity index (χ4v) is 3.43. The molecule has 1 N–H and O–H groups in total. The minimum absolute atomic E-state index is 0.00902. The van der Waals surface area contributed by atoms with Gasteiger partial charge in [0.15, 0.2) is 5.01 Å². The highest BCUT2D eigenvalue weighted by Gasteiger charge is 2.18. The van der Waals surface area contributed by atoms with Crippen molar-refractivity contribution in [1.29, 1.82) is 0 Å². The Morgan fingerprint density at radius 1 is 1.19 bits per heavy atom. The molecule has 0 aliphatic carbocycles. The van der Waals surface area contributed by atoms with Crippen LogP contribution in [-0.4, -0.2) is 20.8 Å². The molecule has 0 aliphatic heterocycles. The predicted molar refractivity (Wildman–Crippen MR) is 88.2 cm³/mol. The van der Waals surface area contributed by atoms with Crippen LogP contribution in [0.4, 0.5) is 5.13 Å². The number of pyridine rings is 1. The van der Waals surface area contributed by atoms with Crippen molar-refractivity contribution in [2.75, 3.05) is 5.32 Å². The maximum atomic E-state index is 12.8. The van der Waals surface area contributed by atoms with E-state index >= 15 is 0 Å². The summed E-state index contributed by atoms with van der Waals surface area (Å²) in [6, 6.07) is 2.45. The average molecular weight is 306 g/mol. The fraction of sp³-hybridized carbons (Fsp3) is 0.533. The molecule has 0 aliphatic rings. The second kappa shape index (κ2) is 5.97. The van der Waals surface area contributed by atoms with E-state index in [4.69, 9.17) is 0 Å². The third-order valence-corrected chi connectivity index (χ3v) is 4.07. The zero-order valence-corrected chi connectivity index (χ0v) is 14.2. The van der Waals surface area contributed by atoms with Crippen molar-refractivity contribution >= 4 is 16.5 Å². The van der Waals surface area contributed by atoms with Gasteiger partial charge < -0.3 is 9.88 Å². The molecule has 0 saturated carbocycles. The summed E-state index contributed by atoms with van der Waals surface area (Å²) in [4.78, 5) is 12.8. The van der Waals surface area contributed by atoms with Crippen molar-refractivity contribution in [1.82, 2.24) is 14.8 Å². The molecular weight excluding hydrogens is 284 g/mol. The Bertz CT molecular complexity index is 700. The number of rotatable bonds is 4. The lowest BCUT2D eigenvalue weighted by Crippen LogP contribution is -2.26. The maximum absolute atomic E-state index is 12.8. The van der Waals surface area contributed by atoms with Crippen molar-refractivity contribution < 1.29 is 0 Å². The Kier molecular flexibility index (Phi) is 4.46. The van der Waals surface area contributed by atoms with E-state index in [0.717, 1.165) is 16.4 Å². The second-order valence-corrected chi connectivity index (χ2v) is 6.80. The van der Waals surface area contributed by atoms with Crippen LogP contribution in [0, 0.1) is 13.8 Å². The van der Waals surface area contributed by atoms with Gasteiger partial charge in [0.1, 0.15) is 0 Å². The third-order valence-electron chi connectivity index (χ3n) is 3.20. The highest BCUT2D eigenvalue weighted by Crippen LogP contribution is 2.27. The number of nitrogens with one attached hydrogen (secondary N) is 1.